The highest BCUT2D eigenvalue weighted by Gasteiger charge is 2.30. The Morgan fingerprint density at radius 1 is 0.886 bits per heavy atom. The number of carboxylic acid groups (broad SMARTS) is 1. The Bertz CT molecular complexity index is 1160. The molecule has 0 fully saturated rings. The fraction of sp³-hybridized carbons (Fsp3) is 0.222. The van der Waals surface area contributed by atoms with Crippen molar-refractivity contribution in [3.05, 3.63) is 95.6 Å². The zero-order valence-corrected chi connectivity index (χ0v) is 19.8. The van der Waals surface area contributed by atoms with Gasteiger partial charge in [-0.2, -0.15) is 0 Å². The maximum absolute atomic E-state index is 12.9. The number of fused-ring (bicyclic) bond motifs is 3. The maximum Gasteiger partial charge on any atom is 0.408 e. The Kier molecular flexibility index (Phi) is 8.05. The molecule has 1 aliphatic rings. The van der Waals surface area contributed by atoms with Gasteiger partial charge in [-0.1, -0.05) is 78.9 Å². The van der Waals surface area contributed by atoms with E-state index in [2.05, 4.69) is 22.8 Å². The number of hydrogen-bond donors (Lipinski definition) is 3. The number of carbonyl (C=O) groups excluding carboxylic acids is 2. The highest BCUT2D eigenvalue weighted by molar-refractivity contribution is 7.99. The Labute approximate surface area is 207 Å². The molecule has 0 spiro atoms. The monoisotopic (exact) mass is 490 g/mol. The van der Waals surface area contributed by atoms with Crippen LogP contribution >= 0.6 is 11.8 Å². The number of amides is 2. The molecule has 0 saturated carbocycles. The van der Waals surface area contributed by atoms with Crippen molar-refractivity contribution in [2.75, 3.05) is 24.7 Å². The predicted molar refractivity (Wildman–Crippen MR) is 135 cm³/mol. The molecule has 7 nitrogen and oxygen atoms in total. The van der Waals surface area contributed by atoms with Crippen LogP contribution in [0.4, 0.5) is 4.79 Å². The summed E-state index contributed by atoms with van der Waals surface area (Å²) in [5.41, 5.74) is 5.12. The van der Waals surface area contributed by atoms with Gasteiger partial charge in [-0.25, -0.2) is 4.79 Å². The van der Waals surface area contributed by atoms with Crippen LogP contribution in [0, 0.1) is 0 Å². The molecule has 2 amide bonds. The van der Waals surface area contributed by atoms with Crippen LogP contribution in [0.2, 0.25) is 0 Å². The first-order valence-electron chi connectivity index (χ1n) is 11.3. The molecule has 0 aromatic heterocycles. The smallest absolute Gasteiger partial charge is 0.408 e. The summed E-state index contributed by atoms with van der Waals surface area (Å²) in [5, 5.41) is 14.2. The summed E-state index contributed by atoms with van der Waals surface area (Å²) in [7, 11) is 0. The lowest BCUT2D eigenvalue weighted by Crippen LogP contribution is -2.41. The lowest BCUT2D eigenvalue weighted by atomic mass is 9.98. The largest absolute Gasteiger partial charge is 0.481 e. The molecule has 0 saturated heterocycles. The predicted octanol–water partition coefficient (Wildman–Crippen LogP) is 4.20. The van der Waals surface area contributed by atoms with Gasteiger partial charge in [-0.3, -0.25) is 9.59 Å². The van der Waals surface area contributed by atoms with Gasteiger partial charge in [0, 0.05) is 18.2 Å². The summed E-state index contributed by atoms with van der Waals surface area (Å²) in [6.07, 6.45) is -0.684. The van der Waals surface area contributed by atoms with E-state index in [1.165, 1.54) is 11.8 Å². The van der Waals surface area contributed by atoms with Gasteiger partial charge in [0.25, 0.3) is 0 Å². The van der Waals surface area contributed by atoms with E-state index >= 15 is 0 Å². The van der Waals surface area contributed by atoms with Gasteiger partial charge in [0.05, 0.1) is 5.75 Å². The third-order valence-electron chi connectivity index (χ3n) is 5.77. The molecule has 35 heavy (non-hydrogen) atoms. The first kappa shape index (κ1) is 24.3. The number of hydrogen-bond acceptors (Lipinski definition) is 5. The highest BCUT2D eigenvalue weighted by Crippen LogP contribution is 2.44. The minimum Gasteiger partial charge on any atom is -0.481 e. The lowest BCUT2D eigenvalue weighted by Gasteiger charge is -2.20. The van der Waals surface area contributed by atoms with Crippen LogP contribution in [0.3, 0.4) is 0 Å². The van der Waals surface area contributed by atoms with Crippen molar-refractivity contribution in [1.29, 1.82) is 0 Å². The molecule has 0 bridgehead atoms. The Morgan fingerprint density at radius 3 is 2.11 bits per heavy atom. The Morgan fingerprint density at radius 2 is 1.49 bits per heavy atom. The molecule has 1 unspecified atom stereocenters. The van der Waals surface area contributed by atoms with Crippen LogP contribution in [0.15, 0.2) is 78.9 Å². The number of thioether (sulfide) groups is 1. The average molecular weight is 491 g/mol. The van der Waals surface area contributed by atoms with E-state index in [9.17, 15) is 14.4 Å². The number of carboxylic acids is 1. The van der Waals surface area contributed by atoms with E-state index in [4.69, 9.17) is 9.84 Å². The second kappa shape index (κ2) is 11.6. The van der Waals surface area contributed by atoms with Crippen molar-refractivity contribution in [2.45, 2.75) is 12.0 Å². The van der Waals surface area contributed by atoms with Crippen LogP contribution in [0.5, 0.6) is 0 Å². The maximum atomic E-state index is 12.9. The highest BCUT2D eigenvalue weighted by atomic mass is 32.2. The van der Waals surface area contributed by atoms with Crippen molar-refractivity contribution in [3.63, 3.8) is 0 Å². The first-order valence-corrected chi connectivity index (χ1v) is 12.4. The molecule has 3 aromatic carbocycles. The number of ether oxygens (including phenoxy) is 1. The molecule has 0 aliphatic heterocycles. The molecule has 1 atom stereocenters. The molecular formula is C27H26N2O5S. The van der Waals surface area contributed by atoms with Crippen molar-refractivity contribution in [2.24, 2.45) is 0 Å². The summed E-state index contributed by atoms with van der Waals surface area (Å²) in [5.74, 6) is -0.954. The quantitative estimate of drug-likeness (QED) is 0.368. The standard InChI is InChI=1S/C27H26N2O5S/c30-24(31)17-35-15-14-28-26(32)25(18-8-2-1-3-9-18)29-27(33)34-16-23-21-12-6-4-10-19(21)20-11-5-7-13-22(20)23/h1-13,23,25H,14-17H2,(H,28,32)(H,29,33)(H,30,31). The number of alkyl carbamates (subject to hydrolysis) is 1. The van der Waals surface area contributed by atoms with E-state index in [-0.39, 0.29) is 30.7 Å². The van der Waals surface area contributed by atoms with Crippen LogP contribution in [0.1, 0.15) is 28.7 Å². The van der Waals surface area contributed by atoms with Gasteiger partial charge in [-0.05, 0) is 27.8 Å². The molecule has 180 valence electrons. The number of aliphatic carboxylic acids is 1. The molecule has 3 aromatic rings. The minimum atomic E-state index is -0.934. The van der Waals surface area contributed by atoms with E-state index in [0.717, 1.165) is 22.3 Å². The average Bonchev–Trinajstić information content (AvgIpc) is 3.19. The minimum absolute atomic E-state index is 0.0318. The first-order chi connectivity index (χ1) is 17.0. The zero-order chi connectivity index (χ0) is 24.6. The third kappa shape index (κ3) is 6.02. The van der Waals surface area contributed by atoms with Crippen LogP contribution < -0.4 is 10.6 Å². The van der Waals surface area contributed by atoms with Crippen molar-refractivity contribution in [1.82, 2.24) is 10.6 Å². The van der Waals surface area contributed by atoms with Crippen molar-refractivity contribution >= 4 is 29.7 Å². The fourth-order valence-electron chi connectivity index (χ4n) is 4.21. The van der Waals surface area contributed by atoms with Gasteiger partial charge in [0.1, 0.15) is 12.6 Å². The lowest BCUT2D eigenvalue weighted by molar-refractivity contribution is -0.133. The van der Waals surface area contributed by atoms with Gasteiger partial charge in [0.15, 0.2) is 0 Å². The fourth-order valence-corrected chi connectivity index (χ4v) is 4.78. The van der Waals surface area contributed by atoms with Crippen LogP contribution in [-0.4, -0.2) is 47.7 Å². The summed E-state index contributed by atoms with van der Waals surface area (Å²) < 4.78 is 5.61. The van der Waals surface area contributed by atoms with E-state index in [1.54, 1.807) is 24.3 Å². The Hall–Kier alpha value is -3.78. The number of benzene rings is 3. The van der Waals surface area contributed by atoms with Gasteiger partial charge < -0.3 is 20.5 Å². The van der Waals surface area contributed by atoms with Crippen molar-refractivity contribution < 1.29 is 24.2 Å². The summed E-state index contributed by atoms with van der Waals surface area (Å²) in [6, 6.07) is 24.2. The zero-order valence-electron chi connectivity index (χ0n) is 19.0. The van der Waals surface area contributed by atoms with Crippen LogP contribution in [0.25, 0.3) is 11.1 Å². The molecule has 1 aliphatic carbocycles. The van der Waals surface area contributed by atoms with Gasteiger partial charge >= 0.3 is 12.1 Å². The molecule has 3 N–H and O–H groups in total. The Balaban J connectivity index is 1.39. The molecule has 4 rings (SSSR count). The summed E-state index contributed by atoms with van der Waals surface area (Å²) >= 11 is 1.21. The number of rotatable bonds is 10. The molecular weight excluding hydrogens is 464 g/mol. The molecule has 0 radical (unpaired) electrons. The molecule has 8 heteroatoms. The topological polar surface area (TPSA) is 105 Å². The van der Waals surface area contributed by atoms with E-state index < -0.39 is 18.1 Å². The number of nitrogens with one attached hydrogen (secondary N) is 2. The third-order valence-corrected chi connectivity index (χ3v) is 6.72. The second-order valence-corrected chi connectivity index (χ2v) is 9.16. The van der Waals surface area contributed by atoms with Gasteiger partial charge in [0.2, 0.25) is 5.91 Å². The summed E-state index contributed by atoms with van der Waals surface area (Å²) in [6.45, 7) is 0.432. The van der Waals surface area contributed by atoms with E-state index in [1.807, 2.05) is 42.5 Å². The normalized spacial score (nSPS) is 12.8. The van der Waals surface area contributed by atoms with E-state index in [0.29, 0.717) is 11.3 Å². The second-order valence-electron chi connectivity index (χ2n) is 8.05. The van der Waals surface area contributed by atoms with Crippen molar-refractivity contribution in [3.8, 4) is 11.1 Å². The molecule has 0 heterocycles. The van der Waals surface area contributed by atoms with Gasteiger partial charge in [-0.15, -0.1) is 11.8 Å². The SMILES string of the molecule is O=C(O)CSCCNC(=O)C(NC(=O)OCC1c2ccccc2-c2ccccc21)c1ccccc1. The number of carbonyl (C=O) groups is 3. The van der Waals surface area contributed by atoms with Crippen LogP contribution in [-0.2, 0) is 14.3 Å². The summed E-state index contributed by atoms with van der Waals surface area (Å²) in [4.78, 5) is 36.3.